The summed E-state index contributed by atoms with van der Waals surface area (Å²) in [6, 6.07) is 3.51. The minimum absolute atomic E-state index is 0.141. The summed E-state index contributed by atoms with van der Waals surface area (Å²) in [4.78, 5) is 7.71. The summed E-state index contributed by atoms with van der Waals surface area (Å²) >= 11 is 0. The number of benzene rings is 1. The highest BCUT2D eigenvalue weighted by molar-refractivity contribution is 5.66. The molecule has 1 aromatic heterocycles. The minimum Gasteiger partial charge on any atom is -0.505 e. The van der Waals surface area contributed by atoms with Crippen LogP contribution in [0.3, 0.4) is 0 Å². The summed E-state index contributed by atoms with van der Waals surface area (Å²) in [6.07, 6.45) is 8.44. The molecule has 0 radical (unpaired) electrons. The summed E-state index contributed by atoms with van der Waals surface area (Å²) in [5.74, 6) is -0.449. The average Bonchev–Trinajstić information content (AvgIpc) is 2.52. The normalized spacial score (nSPS) is 16.0. The van der Waals surface area contributed by atoms with Crippen LogP contribution in [0, 0.1) is 5.82 Å². The first kappa shape index (κ1) is 13.8. The van der Waals surface area contributed by atoms with E-state index in [9.17, 15) is 9.50 Å². The Hall–Kier alpha value is -2.17. The summed E-state index contributed by atoms with van der Waals surface area (Å²) in [6.45, 7) is 0. The van der Waals surface area contributed by atoms with Gasteiger partial charge in [-0.1, -0.05) is 31.4 Å². The highest BCUT2D eigenvalue weighted by Gasteiger charge is 2.22. The second-order valence-electron chi connectivity index (χ2n) is 5.53. The number of nitrogen functional groups attached to an aromatic ring is 1. The first-order valence-corrected chi connectivity index (χ1v) is 7.26. The molecule has 5 heteroatoms. The molecule has 0 unspecified atom stereocenters. The molecular formula is C16H18FN3O. The maximum absolute atomic E-state index is 14.5. The topological polar surface area (TPSA) is 72.0 Å². The number of anilines is 1. The summed E-state index contributed by atoms with van der Waals surface area (Å²) in [5.41, 5.74) is 6.95. The fraction of sp³-hybridized carbons (Fsp3) is 0.375. The van der Waals surface area contributed by atoms with Crippen molar-refractivity contribution in [2.24, 2.45) is 0 Å². The fourth-order valence-electron chi connectivity index (χ4n) is 3.02. The van der Waals surface area contributed by atoms with E-state index in [1.165, 1.54) is 18.8 Å². The van der Waals surface area contributed by atoms with Gasteiger partial charge in [0.1, 0.15) is 0 Å². The number of hydrogen-bond donors (Lipinski definition) is 2. The van der Waals surface area contributed by atoms with Crippen LogP contribution in [0.2, 0.25) is 0 Å². The number of rotatable bonds is 2. The highest BCUT2D eigenvalue weighted by Crippen LogP contribution is 2.40. The van der Waals surface area contributed by atoms with Crippen molar-refractivity contribution in [3.05, 3.63) is 35.9 Å². The number of aromatic nitrogens is 2. The number of halogens is 1. The molecule has 3 rings (SSSR count). The van der Waals surface area contributed by atoms with Gasteiger partial charge in [-0.05, 0) is 18.8 Å². The quantitative estimate of drug-likeness (QED) is 0.885. The Kier molecular flexibility index (Phi) is 3.73. The van der Waals surface area contributed by atoms with Crippen molar-refractivity contribution in [3.63, 3.8) is 0 Å². The van der Waals surface area contributed by atoms with Crippen molar-refractivity contribution in [3.8, 4) is 16.9 Å². The second-order valence-corrected chi connectivity index (χ2v) is 5.53. The van der Waals surface area contributed by atoms with Crippen molar-refractivity contribution < 1.29 is 9.50 Å². The van der Waals surface area contributed by atoms with Gasteiger partial charge in [0.05, 0.1) is 0 Å². The zero-order valence-electron chi connectivity index (χ0n) is 11.7. The minimum atomic E-state index is -0.605. The lowest BCUT2D eigenvalue weighted by Crippen LogP contribution is -2.06. The molecule has 3 N–H and O–H groups in total. The van der Waals surface area contributed by atoms with Crippen molar-refractivity contribution >= 4 is 5.95 Å². The lowest BCUT2D eigenvalue weighted by Gasteiger charge is -2.23. The molecule has 0 spiro atoms. The van der Waals surface area contributed by atoms with Crippen molar-refractivity contribution in [2.75, 3.05) is 5.73 Å². The molecule has 0 amide bonds. The van der Waals surface area contributed by atoms with Crippen LogP contribution in [0.5, 0.6) is 5.75 Å². The van der Waals surface area contributed by atoms with E-state index >= 15 is 0 Å². The van der Waals surface area contributed by atoms with Crippen LogP contribution in [-0.2, 0) is 0 Å². The van der Waals surface area contributed by atoms with E-state index in [2.05, 4.69) is 9.97 Å². The predicted molar refractivity (Wildman–Crippen MR) is 79.3 cm³/mol. The zero-order chi connectivity index (χ0) is 14.8. The van der Waals surface area contributed by atoms with Crippen molar-refractivity contribution in [1.82, 2.24) is 9.97 Å². The van der Waals surface area contributed by atoms with E-state index in [1.54, 1.807) is 6.07 Å². The van der Waals surface area contributed by atoms with Crippen LogP contribution in [0.15, 0.2) is 24.5 Å². The Labute approximate surface area is 122 Å². The SMILES string of the molecule is Nc1ncc(-c2ccc(C3CCCCC3)c(O)c2F)cn1. The second kappa shape index (κ2) is 5.68. The molecule has 4 nitrogen and oxygen atoms in total. The molecule has 0 aliphatic heterocycles. The first-order chi connectivity index (χ1) is 10.2. The molecule has 110 valence electrons. The van der Waals surface area contributed by atoms with Gasteiger partial charge in [0.15, 0.2) is 11.6 Å². The monoisotopic (exact) mass is 287 g/mol. The lowest BCUT2D eigenvalue weighted by atomic mass is 9.83. The van der Waals surface area contributed by atoms with Crippen LogP contribution in [0.1, 0.15) is 43.6 Å². The molecule has 21 heavy (non-hydrogen) atoms. The van der Waals surface area contributed by atoms with Crippen LogP contribution < -0.4 is 5.73 Å². The molecule has 1 fully saturated rings. The standard InChI is InChI=1S/C16H18FN3O/c17-14-12(11-8-19-16(18)20-9-11)6-7-13(15(14)21)10-4-2-1-3-5-10/h6-10,21H,1-5H2,(H2,18,19,20). The van der Waals surface area contributed by atoms with Gasteiger partial charge in [0.2, 0.25) is 5.95 Å². The number of phenolic OH excluding ortho intramolecular Hbond substituents is 1. The van der Waals surface area contributed by atoms with Gasteiger partial charge in [0.25, 0.3) is 0 Å². The average molecular weight is 287 g/mol. The van der Waals surface area contributed by atoms with E-state index in [0.717, 1.165) is 25.7 Å². The smallest absolute Gasteiger partial charge is 0.219 e. The highest BCUT2D eigenvalue weighted by atomic mass is 19.1. The van der Waals surface area contributed by atoms with Crippen LogP contribution in [0.4, 0.5) is 10.3 Å². The predicted octanol–water partition coefficient (Wildman–Crippen LogP) is 3.62. The van der Waals surface area contributed by atoms with E-state index in [1.807, 2.05) is 6.07 Å². The van der Waals surface area contributed by atoms with E-state index in [0.29, 0.717) is 16.7 Å². The summed E-state index contributed by atoms with van der Waals surface area (Å²) in [5, 5.41) is 10.2. The number of nitrogens with two attached hydrogens (primary N) is 1. The Morgan fingerprint density at radius 3 is 2.43 bits per heavy atom. The van der Waals surface area contributed by atoms with Crippen LogP contribution in [-0.4, -0.2) is 15.1 Å². The number of phenols is 1. The molecule has 2 aromatic rings. The fourth-order valence-corrected chi connectivity index (χ4v) is 3.02. The maximum Gasteiger partial charge on any atom is 0.219 e. The molecule has 1 aliphatic carbocycles. The largest absolute Gasteiger partial charge is 0.505 e. The van der Waals surface area contributed by atoms with Crippen LogP contribution >= 0.6 is 0 Å². The molecule has 1 heterocycles. The van der Waals surface area contributed by atoms with Gasteiger partial charge in [-0.15, -0.1) is 0 Å². The van der Waals surface area contributed by atoms with Crippen molar-refractivity contribution in [1.29, 1.82) is 0 Å². The molecule has 1 saturated carbocycles. The Morgan fingerprint density at radius 2 is 1.76 bits per heavy atom. The van der Waals surface area contributed by atoms with Crippen LogP contribution in [0.25, 0.3) is 11.1 Å². The van der Waals surface area contributed by atoms with Gasteiger partial charge < -0.3 is 10.8 Å². The third-order valence-electron chi connectivity index (χ3n) is 4.18. The maximum atomic E-state index is 14.5. The number of aromatic hydroxyl groups is 1. The lowest BCUT2D eigenvalue weighted by molar-refractivity contribution is 0.395. The van der Waals surface area contributed by atoms with Crippen molar-refractivity contribution in [2.45, 2.75) is 38.0 Å². The molecule has 0 saturated heterocycles. The van der Waals surface area contributed by atoms with Gasteiger partial charge in [-0.25, -0.2) is 14.4 Å². The molecule has 0 bridgehead atoms. The first-order valence-electron chi connectivity index (χ1n) is 7.26. The number of hydrogen-bond acceptors (Lipinski definition) is 4. The molecule has 1 aromatic carbocycles. The summed E-state index contributed by atoms with van der Waals surface area (Å²) < 4.78 is 14.5. The van der Waals surface area contributed by atoms with Gasteiger partial charge in [0, 0.05) is 29.1 Å². The van der Waals surface area contributed by atoms with Gasteiger partial charge >= 0.3 is 0 Å². The molecule has 1 aliphatic rings. The Bertz CT molecular complexity index is 637. The Balaban J connectivity index is 1.97. The summed E-state index contributed by atoms with van der Waals surface area (Å²) in [7, 11) is 0. The molecule has 0 atom stereocenters. The van der Waals surface area contributed by atoms with E-state index < -0.39 is 5.82 Å². The third kappa shape index (κ3) is 2.68. The van der Waals surface area contributed by atoms with E-state index in [-0.39, 0.29) is 17.6 Å². The van der Waals surface area contributed by atoms with Gasteiger partial charge in [-0.2, -0.15) is 0 Å². The zero-order valence-corrected chi connectivity index (χ0v) is 11.7. The Morgan fingerprint density at radius 1 is 1.10 bits per heavy atom. The van der Waals surface area contributed by atoms with Gasteiger partial charge in [-0.3, -0.25) is 0 Å². The van der Waals surface area contributed by atoms with E-state index in [4.69, 9.17) is 5.73 Å². The number of nitrogens with zero attached hydrogens (tertiary/aromatic N) is 2. The third-order valence-corrected chi connectivity index (χ3v) is 4.18. The molecular weight excluding hydrogens is 269 g/mol.